The Labute approximate surface area is 140 Å². The fraction of sp³-hybridized carbons (Fsp3) is 0.222. The highest BCUT2D eigenvalue weighted by Gasteiger charge is 2.12. The van der Waals surface area contributed by atoms with E-state index in [1.54, 1.807) is 37.3 Å². The van der Waals surface area contributed by atoms with Gasteiger partial charge in [-0.2, -0.15) is 0 Å². The number of benzene rings is 2. The Morgan fingerprint density at radius 1 is 1.12 bits per heavy atom. The minimum Gasteiger partial charge on any atom is -0.452 e. The van der Waals surface area contributed by atoms with Crippen molar-refractivity contribution < 1.29 is 18.7 Å². The normalized spacial score (nSPS) is 10.2. The van der Waals surface area contributed by atoms with Crippen LogP contribution >= 0.6 is 0 Å². The van der Waals surface area contributed by atoms with Crippen LogP contribution < -0.4 is 10.2 Å². The molecule has 0 aliphatic carbocycles. The molecule has 0 saturated heterocycles. The summed E-state index contributed by atoms with van der Waals surface area (Å²) in [4.78, 5) is 25.6. The highest BCUT2D eigenvalue weighted by Crippen LogP contribution is 2.15. The first-order valence-corrected chi connectivity index (χ1v) is 7.37. The van der Waals surface area contributed by atoms with Gasteiger partial charge in [-0.05, 0) is 48.9 Å². The number of nitrogens with one attached hydrogen (secondary N) is 1. The fourth-order valence-electron chi connectivity index (χ4n) is 2.02. The van der Waals surface area contributed by atoms with E-state index < -0.39 is 24.3 Å². The molecule has 0 heterocycles. The number of anilines is 2. The van der Waals surface area contributed by atoms with Crippen molar-refractivity contribution in [2.24, 2.45) is 0 Å². The third kappa shape index (κ3) is 4.55. The van der Waals surface area contributed by atoms with E-state index >= 15 is 0 Å². The number of aryl methyl sites for hydroxylation is 1. The van der Waals surface area contributed by atoms with Crippen LogP contribution in [0.15, 0.2) is 42.5 Å². The number of rotatable bonds is 5. The average molecular weight is 330 g/mol. The zero-order valence-electron chi connectivity index (χ0n) is 13.8. The number of carbonyl (C=O) groups excluding carboxylic acids is 2. The Bertz CT molecular complexity index is 742. The highest BCUT2D eigenvalue weighted by molar-refractivity contribution is 5.95. The summed E-state index contributed by atoms with van der Waals surface area (Å²) in [6, 6.07) is 11.2. The summed E-state index contributed by atoms with van der Waals surface area (Å²) in [5, 5.41) is 2.37. The minimum absolute atomic E-state index is 0.0528. The molecule has 0 radical (unpaired) electrons. The molecular weight excluding hydrogens is 311 g/mol. The first-order chi connectivity index (χ1) is 11.4. The van der Waals surface area contributed by atoms with Crippen molar-refractivity contribution in [3.8, 4) is 0 Å². The van der Waals surface area contributed by atoms with Gasteiger partial charge in [0.15, 0.2) is 6.61 Å². The van der Waals surface area contributed by atoms with Crippen molar-refractivity contribution in [3.05, 3.63) is 59.4 Å². The van der Waals surface area contributed by atoms with E-state index in [1.807, 2.05) is 19.0 Å². The van der Waals surface area contributed by atoms with Crippen LogP contribution in [-0.2, 0) is 9.53 Å². The van der Waals surface area contributed by atoms with E-state index in [-0.39, 0.29) is 5.69 Å². The first kappa shape index (κ1) is 17.5. The second kappa shape index (κ2) is 7.59. The molecule has 0 spiro atoms. The Kier molecular flexibility index (Phi) is 5.52. The van der Waals surface area contributed by atoms with Crippen LogP contribution in [-0.4, -0.2) is 32.6 Å². The summed E-state index contributed by atoms with van der Waals surface area (Å²) in [6.45, 7) is 1.26. The van der Waals surface area contributed by atoms with Crippen LogP contribution in [0.3, 0.4) is 0 Å². The molecule has 0 fully saturated rings. The summed E-state index contributed by atoms with van der Waals surface area (Å²) in [7, 11) is 3.78. The number of nitrogens with zero attached hydrogens (tertiary/aromatic N) is 1. The first-order valence-electron chi connectivity index (χ1n) is 7.37. The lowest BCUT2D eigenvalue weighted by Crippen LogP contribution is -2.21. The molecule has 0 atom stereocenters. The van der Waals surface area contributed by atoms with E-state index in [9.17, 15) is 14.0 Å². The molecule has 0 bridgehead atoms. The van der Waals surface area contributed by atoms with Crippen molar-refractivity contribution >= 4 is 23.3 Å². The van der Waals surface area contributed by atoms with Crippen LogP contribution in [0.4, 0.5) is 15.8 Å². The molecule has 0 unspecified atom stereocenters. The predicted octanol–water partition coefficient (Wildman–Crippen LogP) is 3.00. The summed E-state index contributed by atoms with van der Waals surface area (Å²) < 4.78 is 18.6. The lowest BCUT2D eigenvalue weighted by molar-refractivity contribution is -0.119. The molecule has 1 N–H and O–H groups in total. The molecule has 24 heavy (non-hydrogen) atoms. The molecule has 0 aromatic heterocycles. The largest absolute Gasteiger partial charge is 0.452 e. The van der Waals surface area contributed by atoms with E-state index in [0.29, 0.717) is 5.56 Å². The molecule has 0 aliphatic rings. The Morgan fingerprint density at radius 2 is 1.79 bits per heavy atom. The zero-order valence-corrected chi connectivity index (χ0v) is 13.8. The van der Waals surface area contributed by atoms with E-state index in [2.05, 4.69) is 5.32 Å². The number of carbonyl (C=O) groups is 2. The lowest BCUT2D eigenvalue weighted by atomic mass is 10.2. The van der Waals surface area contributed by atoms with Gasteiger partial charge in [-0.3, -0.25) is 4.79 Å². The van der Waals surface area contributed by atoms with Crippen LogP contribution in [0.2, 0.25) is 0 Å². The van der Waals surface area contributed by atoms with Gasteiger partial charge >= 0.3 is 5.97 Å². The van der Waals surface area contributed by atoms with Crippen LogP contribution in [0, 0.1) is 12.7 Å². The Hall–Kier alpha value is -2.89. The summed E-state index contributed by atoms with van der Waals surface area (Å²) in [6.07, 6.45) is 0. The van der Waals surface area contributed by atoms with Crippen LogP contribution in [0.25, 0.3) is 0 Å². The standard InChI is InChI=1S/C18H19FN2O3/c1-12-4-9-16(15(19)10-12)20-17(22)11-24-18(23)13-5-7-14(8-6-13)21(2)3/h4-10H,11H2,1-3H3,(H,20,22). The topological polar surface area (TPSA) is 58.6 Å². The number of hydrogen-bond donors (Lipinski definition) is 1. The van der Waals surface area contributed by atoms with Crippen molar-refractivity contribution in [1.82, 2.24) is 0 Å². The van der Waals surface area contributed by atoms with Gasteiger partial charge in [-0.1, -0.05) is 6.07 Å². The quantitative estimate of drug-likeness (QED) is 0.856. The maximum absolute atomic E-state index is 13.7. The average Bonchev–Trinajstić information content (AvgIpc) is 2.55. The third-order valence-corrected chi connectivity index (χ3v) is 3.35. The molecular formula is C18H19FN2O3. The van der Waals surface area contributed by atoms with Crippen LogP contribution in [0.1, 0.15) is 15.9 Å². The van der Waals surface area contributed by atoms with Gasteiger partial charge in [0.1, 0.15) is 5.82 Å². The number of amides is 1. The monoisotopic (exact) mass is 330 g/mol. The zero-order chi connectivity index (χ0) is 17.7. The van der Waals surface area contributed by atoms with Gasteiger partial charge in [0, 0.05) is 19.8 Å². The second-order valence-corrected chi connectivity index (χ2v) is 5.55. The van der Waals surface area contributed by atoms with Gasteiger partial charge in [-0.15, -0.1) is 0 Å². The number of hydrogen-bond acceptors (Lipinski definition) is 4. The van der Waals surface area contributed by atoms with E-state index in [1.165, 1.54) is 12.1 Å². The van der Waals surface area contributed by atoms with Gasteiger partial charge in [-0.25, -0.2) is 9.18 Å². The molecule has 5 nitrogen and oxygen atoms in total. The Balaban J connectivity index is 1.90. The van der Waals surface area contributed by atoms with Crippen molar-refractivity contribution in [1.29, 1.82) is 0 Å². The number of ether oxygens (including phenoxy) is 1. The molecule has 2 rings (SSSR count). The summed E-state index contributed by atoms with van der Waals surface area (Å²) in [5.74, 6) is -1.75. The minimum atomic E-state index is -0.611. The molecule has 126 valence electrons. The van der Waals surface area contributed by atoms with Crippen molar-refractivity contribution in [2.75, 3.05) is 30.9 Å². The molecule has 2 aromatic rings. The Morgan fingerprint density at radius 3 is 2.38 bits per heavy atom. The molecule has 1 amide bonds. The van der Waals surface area contributed by atoms with Gasteiger partial charge in [0.05, 0.1) is 11.3 Å². The van der Waals surface area contributed by atoms with Gasteiger partial charge < -0.3 is 15.0 Å². The van der Waals surface area contributed by atoms with Crippen LogP contribution in [0.5, 0.6) is 0 Å². The molecule has 6 heteroatoms. The van der Waals surface area contributed by atoms with Crippen molar-refractivity contribution in [3.63, 3.8) is 0 Å². The highest BCUT2D eigenvalue weighted by atomic mass is 19.1. The van der Waals surface area contributed by atoms with E-state index in [0.717, 1.165) is 11.3 Å². The maximum atomic E-state index is 13.7. The second-order valence-electron chi connectivity index (χ2n) is 5.55. The summed E-state index contributed by atoms with van der Waals surface area (Å²) >= 11 is 0. The molecule has 2 aromatic carbocycles. The molecule has 0 aliphatic heterocycles. The lowest BCUT2D eigenvalue weighted by Gasteiger charge is -2.12. The van der Waals surface area contributed by atoms with Gasteiger partial charge in [0.2, 0.25) is 0 Å². The third-order valence-electron chi connectivity index (χ3n) is 3.35. The van der Waals surface area contributed by atoms with Crippen molar-refractivity contribution in [2.45, 2.75) is 6.92 Å². The predicted molar refractivity (Wildman–Crippen MR) is 90.8 cm³/mol. The number of halogens is 1. The SMILES string of the molecule is Cc1ccc(NC(=O)COC(=O)c2ccc(N(C)C)cc2)c(F)c1. The van der Waals surface area contributed by atoms with E-state index in [4.69, 9.17) is 4.74 Å². The number of esters is 1. The van der Waals surface area contributed by atoms with Gasteiger partial charge in [0.25, 0.3) is 5.91 Å². The summed E-state index contributed by atoms with van der Waals surface area (Å²) in [5.41, 5.74) is 2.09. The fourth-order valence-corrected chi connectivity index (χ4v) is 2.02. The maximum Gasteiger partial charge on any atom is 0.338 e. The molecule has 0 saturated carbocycles. The smallest absolute Gasteiger partial charge is 0.338 e.